The van der Waals surface area contributed by atoms with Gasteiger partial charge in [0.05, 0.1) is 11.1 Å². The Kier molecular flexibility index (Phi) is 3.45. The van der Waals surface area contributed by atoms with Crippen LogP contribution in [0.3, 0.4) is 0 Å². The number of hydrogen-bond donors (Lipinski definition) is 1. The van der Waals surface area contributed by atoms with Crippen LogP contribution in [0.5, 0.6) is 5.75 Å². The van der Waals surface area contributed by atoms with Gasteiger partial charge in [0, 0.05) is 30.0 Å². The summed E-state index contributed by atoms with van der Waals surface area (Å²) in [6.45, 7) is 1.61. The lowest BCUT2D eigenvalue weighted by molar-refractivity contribution is 0.0697. The minimum Gasteiger partial charge on any atom is -0.483 e. The summed E-state index contributed by atoms with van der Waals surface area (Å²) in [5, 5.41) is 11.3. The number of benzene rings is 1. The Morgan fingerprint density at radius 2 is 2.08 bits per heavy atom. The monoisotopic (exact) mass is 392 g/mol. The SMILES string of the molecule is O=C(O)c1c(=O)c2cc(F)c(N3CCSCC3)c3c2n2c(csc12)CO3. The maximum absolute atomic E-state index is 15.0. The Bertz CT molecular complexity index is 1150. The zero-order chi connectivity index (χ0) is 18.0. The van der Waals surface area contributed by atoms with E-state index in [1.165, 1.54) is 11.3 Å². The van der Waals surface area contributed by atoms with Gasteiger partial charge in [-0.25, -0.2) is 9.18 Å². The van der Waals surface area contributed by atoms with Crippen LogP contribution in [0.1, 0.15) is 16.1 Å². The first-order valence-electron chi connectivity index (χ1n) is 8.08. The second kappa shape index (κ2) is 5.62. The molecular formula is C17H13FN2O4S2. The van der Waals surface area contributed by atoms with Gasteiger partial charge in [-0.2, -0.15) is 11.8 Å². The average molecular weight is 392 g/mol. The van der Waals surface area contributed by atoms with Crippen molar-refractivity contribution in [1.82, 2.24) is 4.40 Å². The first-order valence-corrected chi connectivity index (χ1v) is 10.1. The number of pyridine rings is 1. The Hall–Kier alpha value is -2.26. The normalized spacial score (nSPS) is 16.4. The largest absolute Gasteiger partial charge is 0.483 e. The molecule has 1 N–H and O–H groups in total. The molecule has 0 spiro atoms. The van der Waals surface area contributed by atoms with Gasteiger partial charge in [0.2, 0.25) is 5.43 Å². The van der Waals surface area contributed by atoms with Crippen LogP contribution >= 0.6 is 23.1 Å². The summed E-state index contributed by atoms with van der Waals surface area (Å²) in [6.07, 6.45) is 0. The fourth-order valence-corrected chi connectivity index (χ4v) is 5.60. The fourth-order valence-electron chi connectivity index (χ4n) is 3.66. The number of nitrogens with zero attached hydrogens (tertiary/aromatic N) is 2. The van der Waals surface area contributed by atoms with Crippen molar-refractivity contribution in [2.45, 2.75) is 6.61 Å². The van der Waals surface area contributed by atoms with Crippen LogP contribution in [0, 0.1) is 5.82 Å². The Morgan fingerprint density at radius 1 is 1.31 bits per heavy atom. The van der Waals surface area contributed by atoms with E-state index >= 15 is 0 Å². The number of hydrogen-bond acceptors (Lipinski definition) is 6. The zero-order valence-corrected chi connectivity index (χ0v) is 15.1. The number of aromatic nitrogens is 1. The van der Waals surface area contributed by atoms with Crippen LogP contribution in [-0.4, -0.2) is 40.1 Å². The van der Waals surface area contributed by atoms with Gasteiger partial charge in [0.1, 0.15) is 28.2 Å². The van der Waals surface area contributed by atoms with Gasteiger partial charge in [-0.15, -0.1) is 11.3 Å². The minimum atomic E-state index is -1.30. The van der Waals surface area contributed by atoms with E-state index in [1.54, 1.807) is 9.78 Å². The van der Waals surface area contributed by atoms with Crippen LogP contribution in [0.2, 0.25) is 0 Å². The molecule has 0 aliphatic carbocycles. The van der Waals surface area contributed by atoms with E-state index in [-0.39, 0.29) is 17.6 Å². The zero-order valence-electron chi connectivity index (χ0n) is 13.5. The predicted octanol–water partition coefficient (Wildman–Crippen LogP) is 2.80. The second-order valence-corrected chi connectivity index (χ2v) is 8.28. The number of carboxylic acids is 1. The van der Waals surface area contributed by atoms with Crippen molar-refractivity contribution < 1.29 is 19.0 Å². The third-order valence-electron chi connectivity index (χ3n) is 4.79. The summed E-state index contributed by atoms with van der Waals surface area (Å²) in [7, 11) is 0. The number of anilines is 1. The highest BCUT2D eigenvalue weighted by atomic mass is 32.2. The van der Waals surface area contributed by atoms with Crippen LogP contribution in [-0.2, 0) is 6.61 Å². The van der Waals surface area contributed by atoms with Crippen LogP contribution in [0.4, 0.5) is 10.1 Å². The molecule has 0 amide bonds. The molecule has 5 rings (SSSR count). The summed E-state index contributed by atoms with van der Waals surface area (Å²) in [4.78, 5) is 26.7. The highest BCUT2D eigenvalue weighted by Crippen LogP contribution is 2.43. The molecule has 6 nitrogen and oxygen atoms in total. The molecule has 2 aliphatic heterocycles. The van der Waals surface area contributed by atoms with Crippen molar-refractivity contribution in [3.8, 4) is 5.75 Å². The summed E-state index contributed by atoms with van der Waals surface area (Å²) < 4.78 is 22.6. The molecular weight excluding hydrogens is 379 g/mol. The standard InChI is InChI=1S/C17H13FN2O4S2/c18-10-5-9-12-15(13(10)19-1-3-25-4-2-19)24-6-8-7-26-16(20(8)12)11(14(9)21)17(22)23/h5,7H,1-4,6H2,(H,22,23). The molecule has 4 heterocycles. The number of rotatable bonds is 2. The predicted molar refractivity (Wildman–Crippen MR) is 99.8 cm³/mol. The number of aromatic carboxylic acids is 1. The van der Waals surface area contributed by atoms with E-state index in [4.69, 9.17) is 4.74 Å². The maximum atomic E-state index is 15.0. The molecule has 2 aliphatic rings. The van der Waals surface area contributed by atoms with Crippen LogP contribution < -0.4 is 15.1 Å². The van der Waals surface area contributed by atoms with E-state index in [9.17, 15) is 19.1 Å². The van der Waals surface area contributed by atoms with E-state index in [0.29, 0.717) is 34.9 Å². The molecule has 1 saturated heterocycles. The molecule has 0 radical (unpaired) electrons. The van der Waals surface area contributed by atoms with E-state index in [0.717, 1.165) is 23.3 Å². The lowest BCUT2D eigenvalue weighted by Gasteiger charge is -2.32. The number of carbonyl (C=O) groups is 1. The van der Waals surface area contributed by atoms with E-state index < -0.39 is 17.2 Å². The number of thioether (sulfide) groups is 1. The van der Waals surface area contributed by atoms with Crippen LogP contribution in [0.25, 0.3) is 15.7 Å². The molecule has 0 saturated carbocycles. The quantitative estimate of drug-likeness (QED) is 0.723. The smallest absolute Gasteiger partial charge is 0.342 e. The molecule has 0 bridgehead atoms. The van der Waals surface area contributed by atoms with E-state index in [1.807, 2.05) is 16.7 Å². The van der Waals surface area contributed by atoms with E-state index in [2.05, 4.69) is 0 Å². The molecule has 0 atom stereocenters. The molecule has 9 heteroatoms. The topological polar surface area (TPSA) is 71.2 Å². The molecule has 26 heavy (non-hydrogen) atoms. The lowest BCUT2D eigenvalue weighted by atomic mass is 10.1. The van der Waals surface area contributed by atoms with Crippen LogP contribution in [0.15, 0.2) is 16.2 Å². The van der Waals surface area contributed by atoms with Gasteiger partial charge in [0.15, 0.2) is 11.6 Å². The number of halogens is 1. The molecule has 2 aromatic heterocycles. The van der Waals surface area contributed by atoms with Gasteiger partial charge < -0.3 is 14.7 Å². The van der Waals surface area contributed by atoms with Crippen molar-refractivity contribution in [2.24, 2.45) is 0 Å². The summed E-state index contributed by atoms with van der Waals surface area (Å²) >= 11 is 3.01. The highest BCUT2D eigenvalue weighted by Gasteiger charge is 2.31. The van der Waals surface area contributed by atoms with Crippen molar-refractivity contribution in [2.75, 3.05) is 29.5 Å². The second-order valence-electron chi connectivity index (χ2n) is 6.20. The number of carboxylic acid groups (broad SMARTS) is 1. The fraction of sp³-hybridized carbons (Fsp3) is 0.294. The third kappa shape index (κ3) is 2.04. The molecule has 134 valence electrons. The maximum Gasteiger partial charge on any atom is 0.342 e. The molecule has 1 aromatic carbocycles. The molecule has 3 aromatic rings. The van der Waals surface area contributed by atoms with Gasteiger partial charge in [-0.3, -0.25) is 9.20 Å². The summed E-state index contributed by atoms with van der Waals surface area (Å²) in [6, 6.07) is 1.16. The number of ether oxygens (including phenoxy) is 1. The molecule has 0 unspecified atom stereocenters. The van der Waals surface area contributed by atoms with Gasteiger partial charge in [-0.1, -0.05) is 0 Å². The Morgan fingerprint density at radius 3 is 2.81 bits per heavy atom. The van der Waals surface area contributed by atoms with Crippen molar-refractivity contribution in [3.63, 3.8) is 0 Å². The summed E-state index contributed by atoms with van der Waals surface area (Å²) in [5.74, 6) is 0.277. The third-order valence-corrected chi connectivity index (χ3v) is 6.74. The number of thiazole rings is 1. The highest BCUT2D eigenvalue weighted by molar-refractivity contribution is 7.99. The Balaban J connectivity index is 1.94. The first-order chi connectivity index (χ1) is 12.6. The average Bonchev–Trinajstić information content (AvgIpc) is 3.05. The van der Waals surface area contributed by atoms with Crippen molar-refractivity contribution in [1.29, 1.82) is 0 Å². The molecule has 1 fully saturated rings. The van der Waals surface area contributed by atoms with Crippen molar-refractivity contribution in [3.05, 3.63) is 38.7 Å². The van der Waals surface area contributed by atoms with Gasteiger partial charge >= 0.3 is 5.97 Å². The van der Waals surface area contributed by atoms with Gasteiger partial charge in [-0.05, 0) is 6.07 Å². The Labute approximate surface area is 154 Å². The van der Waals surface area contributed by atoms with Crippen molar-refractivity contribution >= 4 is 50.5 Å². The lowest BCUT2D eigenvalue weighted by Crippen LogP contribution is -2.34. The first kappa shape index (κ1) is 16.0. The van der Waals surface area contributed by atoms with Gasteiger partial charge in [0.25, 0.3) is 0 Å². The minimum absolute atomic E-state index is 0.0434. The summed E-state index contributed by atoms with van der Waals surface area (Å²) in [5.41, 5.74) is 0.602.